The van der Waals surface area contributed by atoms with Gasteiger partial charge in [-0.1, -0.05) is 13.0 Å². The van der Waals surface area contributed by atoms with E-state index in [1.807, 2.05) is 6.07 Å². The minimum Gasteiger partial charge on any atom is -0.495 e. The van der Waals surface area contributed by atoms with Gasteiger partial charge in [0.25, 0.3) is 0 Å². The molecule has 1 aliphatic heterocycles. The van der Waals surface area contributed by atoms with Gasteiger partial charge in [-0.15, -0.1) is 0 Å². The number of aryl methyl sites for hydroxylation is 2. The average Bonchev–Trinajstić information content (AvgIpc) is 2.27. The summed E-state index contributed by atoms with van der Waals surface area (Å²) in [5.41, 5.74) is 3.29. The molecule has 0 aromatic heterocycles. The standard InChI is InChI=1S/C12H15NO2.H2/c1-3-8-6-9-4-5-11(14)13-12(9)10(7-8)15-2;/h6-7H,3-5H2,1-2H3,(H,13,14);1H. The minimum atomic E-state index is 0. The van der Waals surface area contributed by atoms with Crippen LogP contribution in [0.5, 0.6) is 5.75 Å². The van der Waals surface area contributed by atoms with Gasteiger partial charge >= 0.3 is 0 Å². The quantitative estimate of drug-likeness (QED) is 0.808. The van der Waals surface area contributed by atoms with Crippen molar-refractivity contribution in [3.63, 3.8) is 0 Å². The first kappa shape index (κ1) is 10.0. The Balaban J connectivity index is 0.00000128. The molecule has 0 unspecified atom stereocenters. The summed E-state index contributed by atoms with van der Waals surface area (Å²) in [6.45, 7) is 2.11. The fourth-order valence-corrected chi connectivity index (χ4v) is 1.89. The number of benzene rings is 1. The van der Waals surface area contributed by atoms with Gasteiger partial charge in [0, 0.05) is 7.85 Å². The number of carbonyl (C=O) groups is 1. The maximum absolute atomic E-state index is 11.3. The van der Waals surface area contributed by atoms with E-state index < -0.39 is 0 Å². The topological polar surface area (TPSA) is 38.3 Å². The Hall–Kier alpha value is -1.51. The SMILES string of the molecule is CCc1cc2c(c(OC)c1)NC(=O)CC2.[HH]. The van der Waals surface area contributed by atoms with E-state index in [1.165, 1.54) is 11.1 Å². The fourth-order valence-electron chi connectivity index (χ4n) is 1.89. The highest BCUT2D eigenvalue weighted by Gasteiger charge is 2.19. The Morgan fingerprint density at radius 3 is 2.93 bits per heavy atom. The molecule has 0 aliphatic carbocycles. The number of carbonyl (C=O) groups excluding carboxylic acids is 1. The van der Waals surface area contributed by atoms with Gasteiger partial charge < -0.3 is 10.1 Å². The number of ether oxygens (including phenoxy) is 1. The molecule has 3 heteroatoms. The van der Waals surface area contributed by atoms with Crippen LogP contribution in [0.25, 0.3) is 0 Å². The average molecular weight is 207 g/mol. The minimum absolute atomic E-state index is 0. The van der Waals surface area contributed by atoms with Crippen LogP contribution in [0.15, 0.2) is 12.1 Å². The smallest absolute Gasteiger partial charge is 0.224 e. The second kappa shape index (κ2) is 3.93. The van der Waals surface area contributed by atoms with Crippen LogP contribution in [0, 0.1) is 0 Å². The largest absolute Gasteiger partial charge is 0.495 e. The normalized spacial score (nSPS) is 14.4. The van der Waals surface area contributed by atoms with Crippen LogP contribution in [-0.4, -0.2) is 13.0 Å². The molecule has 82 valence electrons. The van der Waals surface area contributed by atoms with Crippen LogP contribution in [0.3, 0.4) is 0 Å². The molecule has 0 fully saturated rings. The molecule has 1 N–H and O–H groups in total. The highest BCUT2D eigenvalue weighted by atomic mass is 16.5. The van der Waals surface area contributed by atoms with Crippen LogP contribution in [0.4, 0.5) is 5.69 Å². The summed E-state index contributed by atoms with van der Waals surface area (Å²) in [5, 5.41) is 2.87. The van der Waals surface area contributed by atoms with Crippen LogP contribution in [-0.2, 0) is 17.6 Å². The Labute approximate surface area is 90.9 Å². The molecule has 1 amide bonds. The highest BCUT2D eigenvalue weighted by molar-refractivity contribution is 5.95. The third-order valence-electron chi connectivity index (χ3n) is 2.76. The molecule has 0 spiro atoms. The van der Waals surface area contributed by atoms with Gasteiger partial charge in [-0.2, -0.15) is 0 Å². The number of methoxy groups -OCH3 is 1. The zero-order chi connectivity index (χ0) is 10.8. The number of nitrogens with one attached hydrogen (secondary N) is 1. The summed E-state index contributed by atoms with van der Waals surface area (Å²) >= 11 is 0. The summed E-state index contributed by atoms with van der Waals surface area (Å²) in [6, 6.07) is 4.14. The van der Waals surface area contributed by atoms with Gasteiger partial charge in [-0.05, 0) is 30.0 Å². The van der Waals surface area contributed by atoms with Gasteiger partial charge in [0.05, 0.1) is 12.8 Å². The van der Waals surface area contributed by atoms with E-state index in [4.69, 9.17) is 4.74 Å². The first-order valence-corrected chi connectivity index (χ1v) is 5.24. The highest BCUT2D eigenvalue weighted by Crippen LogP contribution is 2.33. The number of hydrogen-bond acceptors (Lipinski definition) is 2. The van der Waals surface area contributed by atoms with Crippen molar-refractivity contribution in [3.8, 4) is 5.75 Å². The molecule has 0 atom stereocenters. The van der Waals surface area contributed by atoms with Crippen molar-refractivity contribution in [2.75, 3.05) is 12.4 Å². The van der Waals surface area contributed by atoms with Crippen molar-refractivity contribution < 1.29 is 11.0 Å². The van der Waals surface area contributed by atoms with Crippen molar-refractivity contribution >= 4 is 11.6 Å². The van der Waals surface area contributed by atoms with Crippen molar-refractivity contribution in [3.05, 3.63) is 23.3 Å². The Morgan fingerprint density at radius 1 is 1.47 bits per heavy atom. The lowest BCUT2D eigenvalue weighted by molar-refractivity contribution is -0.116. The predicted molar refractivity (Wildman–Crippen MR) is 61.4 cm³/mol. The van der Waals surface area contributed by atoms with E-state index in [2.05, 4.69) is 18.3 Å². The first-order chi connectivity index (χ1) is 7.24. The third kappa shape index (κ3) is 1.82. The third-order valence-corrected chi connectivity index (χ3v) is 2.76. The summed E-state index contributed by atoms with van der Waals surface area (Å²) in [4.78, 5) is 11.3. The number of anilines is 1. The number of rotatable bonds is 2. The zero-order valence-electron chi connectivity index (χ0n) is 9.09. The van der Waals surface area contributed by atoms with Gasteiger partial charge in [-0.3, -0.25) is 4.79 Å². The Kier molecular flexibility index (Phi) is 2.62. The van der Waals surface area contributed by atoms with Gasteiger partial charge in [0.2, 0.25) is 5.91 Å². The van der Waals surface area contributed by atoms with Gasteiger partial charge in [-0.25, -0.2) is 0 Å². The molecule has 0 bridgehead atoms. The molecular weight excluding hydrogens is 190 g/mol. The summed E-state index contributed by atoms with van der Waals surface area (Å²) in [5.74, 6) is 0.849. The van der Waals surface area contributed by atoms with Crippen LogP contribution >= 0.6 is 0 Å². The Bertz CT molecular complexity index is 387. The molecule has 1 aliphatic rings. The van der Waals surface area contributed by atoms with Gasteiger partial charge in [0.1, 0.15) is 5.75 Å². The number of hydrogen-bond donors (Lipinski definition) is 1. The molecule has 0 saturated heterocycles. The van der Waals surface area contributed by atoms with E-state index >= 15 is 0 Å². The molecule has 0 radical (unpaired) electrons. The maximum Gasteiger partial charge on any atom is 0.224 e. The second-order valence-corrected chi connectivity index (χ2v) is 3.73. The molecule has 3 nitrogen and oxygen atoms in total. The second-order valence-electron chi connectivity index (χ2n) is 3.73. The van der Waals surface area contributed by atoms with Crippen molar-refractivity contribution in [2.45, 2.75) is 26.2 Å². The van der Waals surface area contributed by atoms with E-state index in [-0.39, 0.29) is 7.33 Å². The van der Waals surface area contributed by atoms with E-state index in [0.29, 0.717) is 6.42 Å². The van der Waals surface area contributed by atoms with Crippen molar-refractivity contribution in [2.24, 2.45) is 0 Å². The molecule has 1 heterocycles. The van der Waals surface area contributed by atoms with Crippen molar-refractivity contribution in [1.29, 1.82) is 0 Å². The van der Waals surface area contributed by atoms with E-state index in [9.17, 15) is 4.79 Å². The predicted octanol–water partition coefficient (Wildman–Crippen LogP) is 2.39. The zero-order valence-corrected chi connectivity index (χ0v) is 9.09. The molecule has 2 rings (SSSR count). The first-order valence-electron chi connectivity index (χ1n) is 5.24. The lowest BCUT2D eigenvalue weighted by atomic mass is 9.98. The number of fused-ring (bicyclic) bond motifs is 1. The summed E-state index contributed by atoms with van der Waals surface area (Å²) in [6.07, 6.45) is 2.37. The van der Waals surface area contributed by atoms with Crippen molar-refractivity contribution in [1.82, 2.24) is 0 Å². The molecule has 15 heavy (non-hydrogen) atoms. The number of amides is 1. The van der Waals surface area contributed by atoms with Gasteiger partial charge in [0.15, 0.2) is 0 Å². The maximum atomic E-state index is 11.3. The lowest BCUT2D eigenvalue weighted by Gasteiger charge is -2.20. The van der Waals surface area contributed by atoms with Crippen LogP contribution in [0.1, 0.15) is 25.9 Å². The molecule has 0 saturated carbocycles. The Morgan fingerprint density at radius 2 is 2.27 bits per heavy atom. The fraction of sp³-hybridized carbons (Fsp3) is 0.417. The van der Waals surface area contributed by atoms with Crippen LogP contribution < -0.4 is 10.1 Å². The summed E-state index contributed by atoms with van der Waals surface area (Å²) < 4.78 is 5.29. The molecule has 1 aromatic rings. The van der Waals surface area contributed by atoms with E-state index in [0.717, 1.165) is 24.3 Å². The molecular formula is C12H17NO2. The lowest BCUT2D eigenvalue weighted by Crippen LogP contribution is -2.19. The molecule has 1 aromatic carbocycles. The van der Waals surface area contributed by atoms with E-state index in [1.54, 1.807) is 7.11 Å². The monoisotopic (exact) mass is 207 g/mol. The van der Waals surface area contributed by atoms with Crippen LogP contribution in [0.2, 0.25) is 0 Å². The summed E-state index contributed by atoms with van der Waals surface area (Å²) in [7, 11) is 1.63.